The Kier molecular flexibility index (Phi) is 3.34. The van der Waals surface area contributed by atoms with E-state index in [9.17, 15) is 14.6 Å². The lowest BCUT2D eigenvalue weighted by Crippen LogP contribution is -2.43. The first-order valence-corrected chi connectivity index (χ1v) is 6.28. The highest BCUT2D eigenvalue weighted by Crippen LogP contribution is 2.41. The van der Waals surface area contributed by atoms with E-state index in [0.717, 1.165) is 0 Å². The van der Waals surface area contributed by atoms with E-state index in [1.807, 2.05) is 0 Å². The summed E-state index contributed by atoms with van der Waals surface area (Å²) in [5.41, 5.74) is 12.4. The summed E-state index contributed by atoms with van der Waals surface area (Å²) in [7, 11) is 0. The number of aromatic nitrogens is 3. The van der Waals surface area contributed by atoms with E-state index in [1.54, 1.807) is 6.07 Å². The predicted molar refractivity (Wildman–Crippen MR) is 71.9 cm³/mol. The quantitative estimate of drug-likeness (QED) is 0.419. The van der Waals surface area contributed by atoms with E-state index in [2.05, 4.69) is 20.0 Å². The Morgan fingerprint density at radius 1 is 1.59 bits per heavy atom. The van der Waals surface area contributed by atoms with Gasteiger partial charge in [0.15, 0.2) is 12.4 Å². The van der Waals surface area contributed by atoms with Gasteiger partial charge in [-0.1, -0.05) is 5.11 Å². The lowest BCUT2D eigenvalue weighted by Gasteiger charge is -2.23. The molecule has 2 aromatic rings. The molecule has 0 radical (unpaired) electrons. The number of rotatable bonds is 3. The molecule has 3 heterocycles. The number of azide groups is 1. The van der Waals surface area contributed by atoms with Crippen molar-refractivity contribution >= 4 is 16.9 Å². The Morgan fingerprint density at radius 2 is 2.36 bits per heavy atom. The molecule has 116 valence electrons. The molecule has 1 aliphatic heterocycles. The molecule has 4 N–H and O–H groups in total. The fourth-order valence-corrected chi connectivity index (χ4v) is 2.48. The number of fused-ring (bicyclic) bond motifs is 1. The van der Waals surface area contributed by atoms with Crippen molar-refractivity contribution in [1.29, 1.82) is 0 Å². The number of alkyl halides is 1. The summed E-state index contributed by atoms with van der Waals surface area (Å²) >= 11 is 0. The molecule has 0 saturated carbocycles. The lowest BCUT2D eigenvalue weighted by atomic mass is 10.1. The number of hydrogen-bond donors (Lipinski definition) is 3. The molecule has 1 saturated heterocycles. The van der Waals surface area contributed by atoms with Crippen molar-refractivity contribution in [3.8, 4) is 0 Å². The van der Waals surface area contributed by atoms with Crippen LogP contribution in [0.4, 0.5) is 10.2 Å². The predicted octanol–water partition coefficient (Wildman–Crippen LogP) is 0.240. The molecule has 0 spiro atoms. The van der Waals surface area contributed by atoms with E-state index in [1.165, 1.54) is 17.1 Å². The summed E-state index contributed by atoms with van der Waals surface area (Å²) in [6.45, 7) is -0.870. The zero-order chi connectivity index (χ0) is 15.9. The van der Waals surface area contributed by atoms with Gasteiger partial charge < -0.3 is 25.3 Å². The van der Waals surface area contributed by atoms with Gasteiger partial charge in [-0.15, -0.1) is 0 Å². The van der Waals surface area contributed by atoms with Gasteiger partial charge in [0, 0.05) is 11.1 Å². The second-order valence-corrected chi connectivity index (χ2v) is 4.81. The fraction of sp³-hybridized carbons (Fsp3) is 0.455. The highest BCUT2D eigenvalue weighted by molar-refractivity contribution is 5.86. The van der Waals surface area contributed by atoms with Gasteiger partial charge in [-0.3, -0.25) is 0 Å². The van der Waals surface area contributed by atoms with Crippen LogP contribution >= 0.6 is 0 Å². The summed E-state index contributed by atoms with van der Waals surface area (Å²) < 4.78 is 21.0. The molecule has 0 aliphatic carbocycles. The molecule has 0 amide bonds. The van der Waals surface area contributed by atoms with Crippen molar-refractivity contribution < 1.29 is 19.3 Å². The topological polar surface area (TPSA) is 155 Å². The number of aliphatic hydroxyl groups is 2. The van der Waals surface area contributed by atoms with Crippen molar-refractivity contribution in [3.63, 3.8) is 0 Å². The molecule has 22 heavy (non-hydrogen) atoms. The van der Waals surface area contributed by atoms with Crippen LogP contribution in [0.3, 0.4) is 0 Å². The maximum absolute atomic E-state index is 14.4. The molecule has 0 aromatic carbocycles. The molecule has 0 bridgehead atoms. The molecule has 10 nitrogen and oxygen atoms in total. The first-order chi connectivity index (χ1) is 10.5. The van der Waals surface area contributed by atoms with E-state index < -0.39 is 30.8 Å². The number of nitrogens with zero attached hydrogens (tertiary/aromatic N) is 6. The standard InChI is InChI=1S/C11H12FN7O3/c12-6-7(21)11(3-20,17-18-14)22-10(6)19-2-1-5-8(13)15-4-16-9(5)19/h1-2,4,6-7,10,20-21H,3H2,(H2,13,15,16)/t6-,7-,10+,11?/m0/s1. The van der Waals surface area contributed by atoms with Crippen LogP contribution in [0.25, 0.3) is 21.5 Å². The van der Waals surface area contributed by atoms with Gasteiger partial charge in [0.1, 0.15) is 23.9 Å². The van der Waals surface area contributed by atoms with Crippen molar-refractivity contribution in [2.24, 2.45) is 5.11 Å². The molecule has 3 rings (SSSR count). The molecular formula is C11H12FN7O3. The lowest BCUT2D eigenvalue weighted by molar-refractivity contribution is -0.122. The van der Waals surface area contributed by atoms with Gasteiger partial charge in [-0.05, 0) is 11.6 Å². The number of anilines is 1. The number of nitrogen functional groups attached to an aromatic ring is 1. The van der Waals surface area contributed by atoms with Crippen LogP contribution in [0.15, 0.2) is 23.7 Å². The first kappa shape index (κ1) is 14.5. The van der Waals surface area contributed by atoms with Gasteiger partial charge in [-0.2, -0.15) is 0 Å². The second kappa shape index (κ2) is 5.07. The summed E-state index contributed by atoms with van der Waals surface area (Å²) in [4.78, 5) is 10.3. The molecule has 2 aromatic heterocycles. The van der Waals surface area contributed by atoms with Crippen molar-refractivity contribution in [2.45, 2.75) is 24.2 Å². The van der Waals surface area contributed by atoms with Crippen LogP contribution in [0.2, 0.25) is 0 Å². The maximum atomic E-state index is 14.4. The molecule has 4 atom stereocenters. The zero-order valence-electron chi connectivity index (χ0n) is 11.1. The minimum absolute atomic E-state index is 0.209. The van der Waals surface area contributed by atoms with Gasteiger partial charge in [0.25, 0.3) is 0 Å². The average molecular weight is 309 g/mol. The van der Waals surface area contributed by atoms with Crippen LogP contribution in [-0.2, 0) is 4.74 Å². The zero-order valence-corrected chi connectivity index (χ0v) is 11.1. The maximum Gasteiger partial charge on any atom is 0.201 e. The second-order valence-electron chi connectivity index (χ2n) is 4.81. The largest absolute Gasteiger partial charge is 0.393 e. The van der Waals surface area contributed by atoms with Gasteiger partial charge in [0.2, 0.25) is 5.72 Å². The molecule has 1 aliphatic rings. The summed E-state index contributed by atoms with van der Waals surface area (Å²) in [6, 6.07) is 1.57. The molecular weight excluding hydrogens is 297 g/mol. The summed E-state index contributed by atoms with van der Waals surface area (Å²) in [5.74, 6) is 0.209. The Bertz CT molecular complexity index is 761. The van der Waals surface area contributed by atoms with Crippen molar-refractivity contribution in [1.82, 2.24) is 14.5 Å². The Balaban J connectivity index is 2.08. The van der Waals surface area contributed by atoms with E-state index in [4.69, 9.17) is 16.0 Å². The number of ether oxygens (including phenoxy) is 1. The van der Waals surface area contributed by atoms with Gasteiger partial charge in [-0.25, -0.2) is 14.4 Å². The normalized spacial score (nSPS) is 31.3. The van der Waals surface area contributed by atoms with Crippen molar-refractivity contribution in [3.05, 3.63) is 29.0 Å². The van der Waals surface area contributed by atoms with Crippen LogP contribution in [0.1, 0.15) is 6.23 Å². The van der Waals surface area contributed by atoms with Gasteiger partial charge in [0.05, 0.1) is 12.0 Å². The molecule has 1 fully saturated rings. The smallest absolute Gasteiger partial charge is 0.201 e. The van der Waals surface area contributed by atoms with Gasteiger partial charge >= 0.3 is 0 Å². The third-order valence-corrected chi connectivity index (χ3v) is 3.62. The first-order valence-electron chi connectivity index (χ1n) is 6.28. The van der Waals surface area contributed by atoms with Crippen LogP contribution in [0.5, 0.6) is 0 Å². The van der Waals surface area contributed by atoms with Crippen LogP contribution in [-0.4, -0.2) is 49.4 Å². The average Bonchev–Trinajstić information content (AvgIpc) is 3.04. The third-order valence-electron chi connectivity index (χ3n) is 3.62. The Labute approximate surface area is 122 Å². The SMILES string of the molecule is [N-]=[N+]=NC1(CO)O[C@@H](n2ccc3c(N)ncnc32)[C@@H](F)[C@@H]1O. The van der Waals surface area contributed by atoms with Crippen LogP contribution in [0, 0.1) is 0 Å². The number of aliphatic hydroxyl groups excluding tert-OH is 2. The number of nitrogens with two attached hydrogens (primary N) is 1. The van der Waals surface area contributed by atoms with E-state index in [0.29, 0.717) is 11.0 Å². The minimum Gasteiger partial charge on any atom is -0.393 e. The Morgan fingerprint density at radius 3 is 3.05 bits per heavy atom. The minimum atomic E-state index is -2.09. The number of hydrogen-bond acceptors (Lipinski definition) is 7. The summed E-state index contributed by atoms with van der Waals surface area (Å²) in [5, 5.41) is 23.0. The van der Waals surface area contributed by atoms with Crippen molar-refractivity contribution in [2.75, 3.05) is 12.3 Å². The Hall–Kier alpha value is -2.46. The monoisotopic (exact) mass is 309 g/mol. The van der Waals surface area contributed by atoms with E-state index >= 15 is 0 Å². The number of halogens is 1. The summed E-state index contributed by atoms with van der Waals surface area (Å²) in [6.07, 6.45) is -2.43. The third kappa shape index (κ3) is 1.88. The van der Waals surface area contributed by atoms with E-state index in [-0.39, 0.29) is 5.82 Å². The highest BCUT2D eigenvalue weighted by atomic mass is 19.1. The fourth-order valence-electron chi connectivity index (χ4n) is 2.48. The highest BCUT2D eigenvalue weighted by Gasteiger charge is 2.56. The molecule has 11 heteroatoms. The van der Waals surface area contributed by atoms with Crippen LogP contribution < -0.4 is 5.73 Å². The molecule has 1 unspecified atom stereocenters.